The second-order valence-corrected chi connectivity index (χ2v) is 11.5. The SMILES string of the molecule is CCOc1ccccc1N(CC(=O)N(Cc1ccccc1F)C(Cc1ccccc1)C(=O)NC)S(=O)(=O)c1ccccc1. The highest BCUT2D eigenvalue weighted by Gasteiger charge is 2.35. The number of amides is 2. The van der Waals surface area contributed by atoms with Gasteiger partial charge < -0.3 is 15.0 Å². The zero-order chi connectivity index (χ0) is 30.8. The highest BCUT2D eigenvalue weighted by molar-refractivity contribution is 7.92. The highest BCUT2D eigenvalue weighted by Crippen LogP contribution is 2.33. The number of likely N-dealkylation sites (N-methyl/N-ethyl adjacent to an activating group) is 1. The number of carbonyl (C=O) groups is 2. The minimum atomic E-state index is -4.28. The first-order valence-electron chi connectivity index (χ1n) is 13.8. The van der Waals surface area contributed by atoms with Gasteiger partial charge in [-0.1, -0.05) is 78.9 Å². The Kier molecular flexibility index (Phi) is 10.5. The Hall–Kier alpha value is -4.70. The zero-order valence-corrected chi connectivity index (χ0v) is 24.8. The van der Waals surface area contributed by atoms with Crippen molar-refractivity contribution in [2.75, 3.05) is 24.5 Å². The maximum Gasteiger partial charge on any atom is 0.264 e. The van der Waals surface area contributed by atoms with Crippen molar-refractivity contribution >= 4 is 27.5 Å². The van der Waals surface area contributed by atoms with Crippen molar-refractivity contribution < 1.29 is 27.1 Å². The number of nitrogens with one attached hydrogen (secondary N) is 1. The van der Waals surface area contributed by atoms with Crippen molar-refractivity contribution in [3.63, 3.8) is 0 Å². The van der Waals surface area contributed by atoms with Gasteiger partial charge in [0.05, 0.1) is 17.2 Å². The third-order valence-electron chi connectivity index (χ3n) is 6.86. The maximum absolute atomic E-state index is 14.9. The number of benzene rings is 4. The fraction of sp³-hybridized carbons (Fsp3) is 0.212. The van der Waals surface area contributed by atoms with E-state index in [-0.39, 0.29) is 41.5 Å². The Labute approximate surface area is 251 Å². The van der Waals surface area contributed by atoms with Gasteiger partial charge in [0.1, 0.15) is 24.2 Å². The molecular formula is C33H34FN3O5S. The minimum absolute atomic E-state index is 0.0260. The van der Waals surface area contributed by atoms with Crippen LogP contribution in [-0.4, -0.2) is 51.4 Å². The van der Waals surface area contributed by atoms with Crippen LogP contribution in [0.25, 0.3) is 0 Å². The molecule has 8 nitrogen and oxygen atoms in total. The second kappa shape index (κ2) is 14.5. The van der Waals surface area contributed by atoms with Gasteiger partial charge in [-0.25, -0.2) is 12.8 Å². The second-order valence-electron chi connectivity index (χ2n) is 9.66. The average Bonchev–Trinajstić information content (AvgIpc) is 3.03. The Morgan fingerprint density at radius 3 is 2.12 bits per heavy atom. The van der Waals surface area contributed by atoms with E-state index in [1.165, 1.54) is 42.3 Å². The molecule has 0 heterocycles. The predicted octanol–water partition coefficient (Wildman–Crippen LogP) is 4.81. The number of para-hydroxylation sites is 2. The third kappa shape index (κ3) is 7.58. The summed E-state index contributed by atoms with van der Waals surface area (Å²) in [5.41, 5.74) is 1.12. The standard InChI is InChI=1S/C33H34FN3O5S/c1-3-42-31-21-13-12-20-29(31)37(43(40,41)27-17-8-5-9-18-27)24-32(38)36(23-26-16-10-11-19-28(26)34)30(33(39)35-2)22-25-14-6-4-7-15-25/h4-21,30H,3,22-24H2,1-2H3,(H,35,39). The van der Waals surface area contributed by atoms with Crippen molar-refractivity contribution in [2.24, 2.45) is 0 Å². The molecule has 1 unspecified atom stereocenters. The Balaban J connectivity index is 1.82. The zero-order valence-electron chi connectivity index (χ0n) is 24.0. The summed E-state index contributed by atoms with van der Waals surface area (Å²) in [4.78, 5) is 28.8. The van der Waals surface area contributed by atoms with Crippen molar-refractivity contribution in [1.29, 1.82) is 0 Å². The molecule has 0 saturated heterocycles. The monoisotopic (exact) mass is 603 g/mol. The van der Waals surface area contributed by atoms with E-state index >= 15 is 0 Å². The van der Waals surface area contributed by atoms with Gasteiger partial charge in [-0.15, -0.1) is 0 Å². The van der Waals surface area contributed by atoms with E-state index < -0.39 is 40.2 Å². The minimum Gasteiger partial charge on any atom is -0.492 e. The van der Waals surface area contributed by atoms with Crippen LogP contribution in [0.3, 0.4) is 0 Å². The van der Waals surface area contributed by atoms with Gasteiger partial charge in [-0.2, -0.15) is 0 Å². The molecule has 2 amide bonds. The molecule has 0 aliphatic heterocycles. The number of halogens is 1. The Morgan fingerprint density at radius 1 is 0.860 bits per heavy atom. The number of rotatable bonds is 13. The van der Waals surface area contributed by atoms with Crippen LogP contribution in [0.5, 0.6) is 5.75 Å². The van der Waals surface area contributed by atoms with E-state index in [0.29, 0.717) is 0 Å². The molecule has 4 aromatic rings. The van der Waals surface area contributed by atoms with Gasteiger partial charge in [-0.05, 0) is 42.8 Å². The molecule has 0 aromatic heterocycles. The Bertz CT molecular complexity index is 1630. The Morgan fingerprint density at radius 2 is 1.47 bits per heavy atom. The molecule has 0 aliphatic rings. The van der Waals surface area contributed by atoms with Crippen molar-refractivity contribution in [3.05, 3.63) is 126 Å². The summed E-state index contributed by atoms with van der Waals surface area (Å²) in [6.07, 6.45) is 0.127. The molecule has 43 heavy (non-hydrogen) atoms. The van der Waals surface area contributed by atoms with Gasteiger partial charge >= 0.3 is 0 Å². The maximum atomic E-state index is 14.9. The summed E-state index contributed by atoms with van der Waals surface area (Å²) in [7, 11) is -2.83. The first-order chi connectivity index (χ1) is 20.8. The molecule has 0 fully saturated rings. The van der Waals surface area contributed by atoms with Gasteiger partial charge in [-0.3, -0.25) is 13.9 Å². The fourth-order valence-electron chi connectivity index (χ4n) is 4.70. The van der Waals surface area contributed by atoms with Gasteiger partial charge in [0.2, 0.25) is 11.8 Å². The quantitative estimate of drug-likeness (QED) is 0.237. The van der Waals surface area contributed by atoms with E-state index in [1.807, 2.05) is 30.3 Å². The molecule has 0 bridgehead atoms. The molecule has 0 aliphatic carbocycles. The molecule has 4 aromatic carbocycles. The first-order valence-corrected chi connectivity index (χ1v) is 15.3. The average molecular weight is 604 g/mol. The summed E-state index contributed by atoms with van der Waals surface area (Å²) in [6, 6.07) is 28.3. The molecule has 0 spiro atoms. The van der Waals surface area contributed by atoms with Crippen LogP contribution in [-0.2, 0) is 32.6 Å². The number of hydrogen-bond acceptors (Lipinski definition) is 5. The summed E-state index contributed by atoms with van der Waals surface area (Å²) in [5, 5.41) is 2.61. The number of nitrogens with zero attached hydrogens (tertiary/aromatic N) is 2. The van der Waals surface area contributed by atoms with E-state index in [0.717, 1.165) is 9.87 Å². The van der Waals surface area contributed by atoms with Crippen LogP contribution >= 0.6 is 0 Å². The van der Waals surface area contributed by atoms with Crippen molar-refractivity contribution in [3.8, 4) is 5.75 Å². The van der Waals surface area contributed by atoms with Gasteiger partial charge in [0.25, 0.3) is 10.0 Å². The van der Waals surface area contributed by atoms with Crippen LogP contribution in [0.2, 0.25) is 0 Å². The lowest BCUT2D eigenvalue weighted by atomic mass is 10.0. The summed E-state index contributed by atoms with van der Waals surface area (Å²) < 4.78 is 49.8. The van der Waals surface area contributed by atoms with E-state index in [4.69, 9.17) is 4.74 Å². The summed E-state index contributed by atoms with van der Waals surface area (Å²) in [6.45, 7) is 1.10. The van der Waals surface area contributed by atoms with E-state index in [2.05, 4.69) is 5.32 Å². The number of carbonyl (C=O) groups excluding carboxylic acids is 2. The molecule has 0 saturated carbocycles. The lowest BCUT2D eigenvalue weighted by molar-refractivity contribution is -0.139. The number of sulfonamides is 1. The lowest BCUT2D eigenvalue weighted by Gasteiger charge is -2.34. The van der Waals surface area contributed by atoms with Crippen LogP contribution < -0.4 is 14.4 Å². The van der Waals surface area contributed by atoms with Crippen molar-refractivity contribution in [2.45, 2.75) is 30.8 Å². The molecule has 4 rings (SSSR count). The van der Waals surface area contributed by atoms with Crippen LogP contribution in [0, 0.1) is 5.82 Å². The largest absolute Gasteiger partial charge is 0.492 e. The smallest absolute Gasteiger partial charge is 0.264 e. The van der Waals surface area contributed by atoms with E-state index in [1.54, 1.807) is 55.5 Å². The number of ether oxygens (including phenoxy) is 1. The molecule has 1 N–H and O–H groups in total. The molecule has 1 atom stereocenters. The van der Waals surface area contributed by atoms with Crippen LogP contribution in [0.15, 0.2) is 114 Å². The van der Waals surface area contributed by atoms with Crippen LogP contribution in [0.1, 0.15) is 18.1 Å². The molecule has 10 heteroatoms. The van der Waals surface area contributed by atoms with Gasteiger partial charge in [0.15, 0.2) is 0 Å². The lowest BCUT2D eigenvalue weighted by Crippen LogP contribution is -2.53. The van der Waals surface area contributed by atoms with Crippen molar-refractivity contribution in [1.82, 2.24) is 10.2 Å². The third-order valence-corrected chi connectivity index (χ3v) is 8.63. The number of anilines is 1. The van der Waals surface area contributed by atoms with E-state index in [9.17, 15) is 22.4 Å². The van der Waals surface area contributed by atoms with Crippen LogP contribution in [0.4, 0.5) is 10.1 Å². The van der Waals surface area contributed by atoms with Gasteiger partial charge in [0, 0.05) is 25.6 Å². The first kappa shape index (κ1) is 31.2. The highest BCUT2D eigenvalue weighted by atomic mass is 32.2. The summed E-state index contributed by atoms with van der Waals surface area (Å²) in [5.74, 6) is -1.45. The normalized spacial score (nSPS) is 11.8. The summed E-state index contributed by atoms with van der Waals surface area (Å²) >= 11 is 0. The topological polar surface area (TPSA) is 96.0 Å². The predicted molar refractivity (Wildman–Crippen MR) is 164 cm³/mol. The fourth-order valence-corrected chi connectivity index (χ4v) is 6.15. The molecule has 0 radical (unpaired) electrons. The number of hydrogen-bond donors (Lipinski definition) is 1. The molecule has 224 valence electrons. The molecular weight excluding hydrogens is 569 g/mol.